The van der Waals surface area contributed by atoms with Crippen molar-refractivity contribution < 1.29 is 23.8 Å². The summed E-state index contributed by atoms with van der Waals surface area (Å²) in [7, 11) is 3.12. The molecule has 1 atom stereocenters. The van der Waals surface area contributed by atoms with E-state index in [4.69, 9.17) is 14.2 Å². The number of cyclic esters (lactones) is 1. The zero-order valence-corrected chi connectivity index (χ0v) is 19.6. The first-order valence-electron chi connectivity index (χ1n) is 11.0. The molecule has 2 heterocycles. The predicted octanol–water partition coefficient (Wildman–Crippen LogP) is 3.88. The van der Waals surface area contributed by atoms with E-state index in [2.05, 4.69) is 20.4 Å². The number of amides is 2. The number of ether oxygens (including phenoxy) is 3. The molecule has 180 valence electrons. The number of benzene rings is 2. The average molecular weight is 476 g/mol. The lowest BCUT2D eigenvalue weighted by atomic mass is 10.0. The van der Waals surface area contributed by atoms with Gasteiger partial charge in [-0.3, -0.25) is 9.78 Å². The maximum atomic E-state index is 12.8. The van der Waals surface area contributed by atoms with Crippen LogP contribution in [0.3, 0.4) is 0 Å². The Morgan fingerprint density at radius 3 is 2.63 bits per heavy atom. The van der Waals surface area contributed by atoms with Crippen molar-refractivity contribution in [2.45, 2.75) is 26.0 Å². The molecule has 0 saturated carbocycles. The predicted molar refractivity (Wildman–Crippen MR) is 129 cm³/mol. The first-order chi connectivity index (χ1) is 17.0. The van der Waals surface area contributed by atoms with Crippen LogP contribution in [0.15, 0.2) is 66.2 Å². The lowest BCUT2D eigenvalue weighted by Gasteiger charge is -2.30. The second-order valence-electron chi connectivity index (χ2n) is 7.60. The van der Waals surface area contributed by atoms with E-state index in [0.717, 1.165) is 5.56 Å². The summed E-state index contributed by atoms with van der Waals surface area (Å²) in [6.45, 7) is 2.00. The van der Waals surface area contributed by atoms with E-state index in [-0.39, 0.29) is 12.2 Å². The van der Waals surface area contributed by atoms with Gasteiger partial charge in [0.1, 0.15) is 17.5 Å². The second-order valence-corrected chi connectivity index (χ2v) is 7.60. The summed E-state index contributed by atoms with van der Waals surface area (Å²) >= 11 is 0. The molecule has 0 saturated heterocycles. The summed E-state index contributed by atoms with van der Waals surface area (Å²) in [4.78, 5) is 33.3. The molecule has 10 heteroatoms. The fraction of sp³-hybridized carbons (Fsp3) is 0.240. The van der Waals surface area contributed by atoms with Crippen LogP contribution in [-0.2, 0) is 11.3 Å². The Labute approximate surface area is 202 Å². The van der Waals surface area contributed by atoms with Gasteiger partial charge < -0.3 is 19.5 Å². The molecule has 1 aromatic heterocycles. The lowest BCUT2D eigenvalue weighted by Crippen LogP contribution is -2.41. The summed E-state index contributed by atoms with van der Waals surface area (Å²) in [5.74, 6) is 0.720. The highest BCUT2D eigenvalue weighted by Gasteiger charge is 2.31. The topological polar surface area (TPSA) is 115 Å². The highest BCUT2D eigenvalue weighted by molar-refractivity contribution is 6.06. The average Bonchev–Trinajstić information content (AvgIpc) is 2.90. The molecule has 2 aromatic carbocycles. The molecule has 0 fully saturated rings. The van der Waals surface area contributed by atoms with Crippen LogP contribution in [0.5, 0.6) is 11.5 Å². The van der Waals surface area contributed by atoms with Crippen molar-refractivity contribution >= 4 is 23.4 Å². The summed E-state index contributed by atoms with van der Waals surface area (Å²) in [5, 5.41) is 8.70. The number of carbonyl (C=O) groups excluding carboxylic acids is 2. The minimum atomic E-state index is -0.573. The van der Waals surface area contributed by atoms with Crippen LogP contribution in [0.25, 0.3) is 0 Å². The van der Waals surface area contributed by atoms with E-state index in [0.29, 0.717) is 34.9 Å². The Morgan fingerprint density at radius 1 is 1.11 bits per heavy atom. The lowest BCUT2D eigenvalue weighted by molar-refractivity contribution is 0.0713. The molecule has 4 rings (SSSR count). The van der Waals surface area contributed by atoms with Crippen molar-refractivity contribution in [1.29, 1.82) is 0 Å². The summed E-state index contributed by atoms with van der Waals surface area (Å²) in [5.41, 5.74) is 2.72. The highest BCUT2D eigenvalue weighted by atomic mass is 16.6. The number of hydrogen-bond donors (Lipinski definition) is 1. The van der Waals surface area contributed by atoms with E-state index < -0.39 is 18.1 Å². The minimum absolute atomic E-state index is 0.0863. The summed E-state index contributed by atoms with van der Waals surface area (Å²) in [6.07, 6.45) is 3.78. The Balaban J connectivity index is 1.63. The Kier molecular flexibility index (Phi) is 7.20. The van der Waals surface area contributed by atoms with Crippen LogP contribution in [0.2, 0.25) is 0 Å². The van der Waals surface area contributed by atoms with E-state index in [9.17, 15) is 9.59 Å². The van der Waals surface area contributed by atoms with E-state index >= 15 is 0 Å². The molecule has 3 aromatic rings. The SMILES string of the molecule is CCC1OC(=O)N(Cc2ccccc2NC(=O)c2cnccn2)N=C1c1ccc(OC)c(OC)c1. The van der Waals surface area contributed by atoms with Crippen molar-refractivity contribution in [3.05, 3.63) is 77.9 Å². The number of hydrogen-bond acceptors (Lipinski definition) is 8. The van der Waals surface area contributed by atoms with Gasteiger partial charge in [-0.2, -0.15) is 10.1 Å². The Morgan fingerprint density at radius 2 is 1.91 bits per heavy atom. The zero-order chi connectivity index (χ0) is 24.8. The normalized spacial score (nSPS) is 15.2. The molecule has 0 aliphatic carbocycles. The molecule has 0 spiro atoms. The van der Waals surface area contributed by atoms with E-state index in [1.54, 1.807) is 44.6 Å². The van der Waals surface area contributed by atoms with Gasteiger partial charge >= 0.3 is 6.09 Å². The fourth-order valence-corrected chi connectivity index (χ4v) is 3.63. The maximum Gasteiger partial charge on any atom is 0.431 e. The first-order valence-corrected chi connectivity index (χ1v) is 11.0. The summed E-state index contributed by atoms with van der Waals surface area (Å²) in [6, 6.07) is 12.6. The number of aromatic nitrogens is 2. The third kappa shape index (κ3) is 5.21. The largest absolute Gasteiger partial charge is 0.493 e. The van der Waals surface area contributed by atoms with Crippen LogP contribution in [0.1, 0.15) is 35.0 Å². The molecule has 1 unspecified atom stereocenters. The number of hydrazone groups is 1. The fourth-order valence-electron chi connectivity index (χ4n) is 3.63. The molecule has 0 radical (unpaired) electrons. The second kappa shape index (κ2) is 10.6. The molecule has 35 heavy (non-hydrogen) atoms. The van der Waals surface area contributed by atoms with Gasteiger partial charge in [0.2, 0.25) is 0 Å². The van der Waals surface area contributed by atoms with Gasteiger partial charge in [0.05, 0.1) is 27.0 Å². The standard InChI is InChI=1S/C25H25N5O5/c1-4-20-23(16-9-10-21(33-2)22(13-16)34-3)29-30(25(32)35-20)15-17-7-5-6-8-18(17)28-24(31)19-14-26-11-12-27-19/h5-14,20H,4,15H2,1-3H3,(H,28,31). The van der Waals surface area contributed by atoms with Crippen molar-refractivity contribution in [3.63, 3.8) is 0 Å². The molecular weight excluding hydrogens is 450 g/mol. The van der Waals surface area contributed by atoms with Gasteiger partial charge in [-0.15, -0.1) is 0 Å². The first kappa shape index (κ1) is 23.7. The van der Waals surface area contributed by atoms with Crippen molar-refractivity contribution in [2.24, 2.45) is 5.10 Å². The monoisotopic (exact) mass is 475 g/mol. The number of anilines is 1. The number of nitrogens with one attached hydrogen (secondary N) is 1. The van der Waals surface area contributed by atoms with Gasteiger partial charge in [-0.05, 0) is 36.2 Å². The molecule has 1 aliphatic rings. The molecule has 1 aliphatic heterocycles. The third-order valence-corrected chi connectivity index (χ3v) is 5.42. The van der Waals surface area contributed by atoms with Crippen LogP contribution in [0.4, 0.5) is 10.5 Å². The van der Waals surface area contributed by atoms with Gasteiger partial charge in [0.15, 0.2) is 11.5 Å². The number of rotatable bonds is 8. The van der Waals surface area contributed by atoms with Crippen molar-refractivity contribution in [3.8, 4) is 11.5 Å². The van der Waals surface area contributed by atoms with Crippen LogP contribution >= 0.6 is 0 Å². The van der Waals surface area contributed by atoms with Crippen LogP contribution in [0, 0.1) is 0 Å². The van der Waals surface area contributed by atoms with Crippen LogP contribution < -0.4 is 14.8 Å². The number of nitrogens with zero attached hydrogens (tertiary/aromatic N) is 4. The van der Waals surface area contributed by atoms with Gasteiger partial charge in [0.25, 0.3) is 5.91 Å². The molecular formula is C25H25N5O5. The van der Waals surface area contributed by atoms with Gasteiger partial charge in [0, 0.05) is 23.6 Å². The highest BCUT2D eigenvalue weighted by Crippen LogP contribution is 2.30. The Bertz CT molecular complexity index is 1250. The maximum absolute atomic E-state index is 12.8. The van der Waals surface area contributed by atoms with E-state index in [1.165, 1.54) is 23.6 Å². The third-order valence-electron chi connectivity index (χ3n) is 5.42. The van der Waals surface area contributed by atoms with Crippen molar-refractivity contribution in [1.82, 2.24) is 15.0 Å². The number of para-hydroxylation sites is 1. The van der Waals surface area contributed by atoms with Crippen molar-refractivity contribution in [2.75, 3.05) is 19.5 Å². The summed E-state index contributed by atoms with van der Waals surface area (Å²) < 4.78 is 16.4. The molecule has 2 amide bonds. The number of carbonyl (C=O) groups is 2. The Hall–Kier alpha value is -4.47. The molecule has 1 N–H and O–H groups in total. The zero-order valence-electron chi connectivity index (χ0n) is 19.6. The molecule has 10 nitrogen and oxygen atoms in total. The quantitative estimate of drug-likeness (QED) is 0.526. The van der Waals surface area contributed by atoms with E-state index in [1.807, 2.05) is 19.1 Å². The number of methoxy groups -OCH3 is 2. The minimum Gasteiger partial charge on any atom is -0.493 e. The van der Waals surface area contributed by atoms with Gasteiger partial charge in [-0.1, -0.05) is 25.1 Å². The van der Waals surface area contributed by atoms with Crippen LogP contribution in [-0.4, -0.2) is 53.0 Å². The van der Waals surface area contributed by atoms with Gasteiger partial charge in [-0.25, -0.2) is 9.78 Å². The molecule has 0 bridgehead atoms. The smallest absolute Gasteiger partial charge is 0.431 e.